The summed E-state index contributed by atoms with van der Waals surface area (Å²) in [6.07, 6.45) is -0.0374. The van der Waals surface area contributed by atoms with Crippen molar-refractivity contribution in [2.24, 2.45) is 0 Å². The van der Waals surface area contributed by atoms with E-state index >= 15 is 0 Å². The summed E-state index contributed by atoms with van der Waals surface area (Å²) in [5, 5.41) is 0. The Morgan fingerprint density at radius 1 is 1.42 bits per heavy atom. The molecule has 0 saturated heterocycles. The van der Waals surface area contributed by atoms with Crippen LogP contribution in [0.4, 0.5) is 0 Å². The zero-order chi connectivity index (χ0) is 9.03. The molecular formula is C8H10O3P-. The van der Waals surface area contributed by atoms with E-state index in [4.69, 9.17) is 0 Å². The molecule has 66 valence electrons. The molecule has 0 aliphatic rings. The van der Waals surface area contributed by atoms with Gasteiger partial charge in [0.2, 0.25) is 0 Å². The molecule has 4 heteroatoms. The van der Waals surface area contributed by atoms with Gasteiger partial charge in [-0.2, -0.15) is 0 Å². The highest BCUT2D eigenvalue weighted by Gasteiger charge is 2.05. The second-order valence-corrected chi connectivity index (χ2v) is 4.34. The van der Waals surface area contributed by atoms with Gasteiger partial charge in [0, 0.05) is 13.3 Å². The molecule has 0 spiro atoms. The first kappa shape index (κ1) is 9.46. The van der Waals surface area contributed by atoms with Gasteiger partial charge in [0.05, 0.1) is 0 Å². The second-order valence-electron chi connectivity index (χ2n) is 2.44. The van der Waals surface area contributed by atoms with Gasteiger partial charge in [-0.1, -0.05) is 30.3 Å². The Kier molecular flexibility index (Phi) is 3.04. The molecule has 1 aromatic carbocycles. The third-order valence-corrected chi connectivity index (χ3v) is 2.81. The number of rotatable bonds is 3. The zero-order valence-corrected chi connectivity index (χ0v) is 7.66. The van der Waals surface area contributed by atoms with E-state index in [9.17, 15) is 9.46 Å². The van der Waals surface area contributed by atoms with Crippen LogP contribution in [0.15, 0.2) is 30.3 Å². The molecule has 1 aromatic rings. The molecule has 3 nitrogen and oxygen atoms in total. The van der Waals surface area contributed by atoms with E-state index in [2.05, 4.69) is 4.52 Å². The van der Waals surface area contributed by atoms with E-state index in [0.717, 1.165) is 5.56 Å². The maximum atomic E-state index is 11.0. The van der Waals surface area contributed by atoms with Gasteiger partial charge in [-0.3, -0.25) is 0 Å². The highest BCUT2D eigenvalue weighted by atomic mass is 31.2. The third kappa shape index (κ3) is 2.78. The first-order valence-electron chi connectivity index (χ1n) is 3.54. The predicted molar refractivity (Wildman–Crippen MR) is 44.8 cm³/mol. The fraction of sp³-hybridized carbons (Fsp3) is 0.250. The molecule has 1 atom stereocenters. The minimum Gasteiger partial charge on any atom is -0.778 e. The minimum absolute atomic E-state index is 0.0374. The molecule has 1 rings (SSSR count). The SMILES string of the molecule is COP(=O)([O-])Cc1ccccc1. The van der Waals surface area contributed by atoms with Crippen LogP contribution < -0.4 is 4.89 Å². The average Bonchev–Trinajstić information content (AvgIpc) is 2.06. The molecule has 0 fully saturated rings. The van der Waals surface area contributed by atoms with E-state index < -0.39 is 7.60 Å². The molecule has 0 radical (unpaired) electrons. The van der Waals surface area contributed by atoms with Crippen molar-refractivity contribution < 1.29 is 14.0 Å². The molecule has 0 aromatic heterocycles. The standard InChI is InChI=1S/C8H11O3P/c1-11-12(9,10)7-8-5-3-2-4-6-8/h2-6H,7H2,1H3,(H,9,10)/p-1. The normalized spacial score (nSPS) is 15.5. The summed E-state index contributed by atoms with van der Waals surface area (Å²) in [5.41, 5.74) is 0.748. The smallest absolute Gasteiger partial charge is 0.139 e. The summed E-state index contributed by atoms with van der Waals surface area (Å²) < 4.78 is 15.3. The first-order chi connectivity index (χ1) is 5.64. The van der Waals surface area contributed by atoms with Gasteiger partial charge in [-0.15, -0.1) is 0 Å². The third-order valence-electron chi connectivity index (χ3n) is 1.50. The number of hydrogen-bond acceptors (Lipinski definition) is 3. The van der Waals surface area contributed by atoms with Crippen LogP contribution >= 0.6 is 7.60 Å². The van der Waals surface area contributed by atoms with Crippen LogP contribution in [-0.2, 0) is 15.3 Å². The summed E-state index contributed by atoms with van der Waals surface area (Å²) in [6, 6.07) is 8.94. The Bertz CT molecular complexity index is 284. The van der Waals surface area contributed by atoms with Gasteiger partial charge >= 0.3 is 0 Å². The monoisotopic (exact) mass is 185 g/mol. The topological polar surface area (TPSA) is 49.4 Å². The Hall–Kier alpha value is -0.630. The van der Waals surface area contributed by atoms with Crippen molar-refractivity contribution in [1.82, 2.24) is 0 Å². The van der Waals surface area contributed by atoms with Gasteiger partial charge in [-0.05, 0) is 5.56 Å². The van der Waals surface area contributed by atoms with E-state index in [0.29, 0.717) is 0 Å². The Morgan fingerprint density at radius 2 is 2.00 bits per heavy atom. The van der Waals surface area contributed by atoms with Gasteiger partial charge in [0.15, 0.2) is 0 Å². The van der Waals surface area contributed by atoms with Crippen LogP contribution in [0, 0.1) is 0 Å². The Labute approximate surface area is 71.5 Å². The lowest BCUT2D eigenvalue weighted by atomic mass is 10.2. The summed E-state index contributed by atoms with van der Waals surface area (Å²) in [4.78, 5) is 11.0. The van der Waals surface area contributed by atoms with Crippen molar-refractivity contribution in [3.05, 3.63) is 35.9 Å². The van der Waals surface area contributed by atoms with Gasteiger partial charge in [-0.25, -0.2) is 0 Å². The van der Waals surface area contributed by atoms with Crippen LogP contribution in [-0.4, -0.2) is 7.11 Å². The van der Waals surface area contributed by atoms with E-state index in [1.54, 1.807) is 24.3 Å². The van der Waals surface area contributed by atoms with Crippen LogP contribution in [0.5, 0.6) is 0 Å². The van der Waals surface area contributed by atoms with Crippen molar-refractivity contribution in [3.8, 4) is 0 Å². The molecule has 0 heterocycles. The average molecular weight is 185 g/mol. The molecule has 1 unspecified atom stereocenters. The largest absolute Gasteiger partial charge is 0.778 e. The van der Waals surface area contributed by atoms with Crippen molar-refractivity contribution in [1.29, 1.82) is 0 Å². The van der Waals surface area contributed by atoms with E-state index in [-0.39, 0.29) is 6.16 Å². The van der Waals surface area contributed by atoms with Crippen LogP contribution in [0.2, 0.25) is 0 Å². The zero-order valence-electron chi connectivity index (χ0n) is 6.77. The maximum absolute atomic E-state index is 11.0. The van der Waals surface area contributed by atoms with Crippen LogP contribution in [0.3, 0.4) is 0 Å². The quantitative estimate of drug-likeness (QED) is 0.668. The number of hydrogen-bond donors (Lipinski definition) is 0. The molecule has 12 heavy (non-hydrogen) atoms. The van der Waals surface area contributed by atoms with Gasteiger partial charge in [0.1, 0.15) is 7.60 Å². The maximum Gasteiger partial charge on any atom is 0.139 e. The van der Waals surface area contributed by atoms with Gasteiger partial charge in [0.25, 0.3) is 0 Å². The highest BCUT2D eigenvalue weighted by Crippen LogP contribution is 2.39. The number of benzene rings is 1. The second kappa shape index (κ2) is 3.85. The summed E-state index contributed by atoms with van der Waals surface area (Å²) in [6.45, 7) is 0. The summed E-state index contributed by atoms with van der Waals surface area (Å²) in [5.74, 6) is 0. The van der Waals surface area contributed by atoms with Crippen molar-refractivity contribution >= 4 is 7.60 Å². The minimum atomic E-state index is -3.65. The molecule has 0 amide bonds. The van der Waals surface area contributed by atoms with E-state index in [1.807, 2.05) is 6.07 Å². The fourth-order valence-electron chi connectivity index (χ4n) is 0.872. The summed E-state index contributed by atoms with van der Waals surface area (Å²) >= 11 is 0. The van der Waals surface area contributed by atoms with Crippen molar-refractivity contribution in [3.63, 3.8) is 0 Å². The highest BCUT2D eigenvalue weighted by molar-refractivity contribution is 7.50. The molecule has 0 N–H and O–H groups in total. The Morgan fingerprint density at radius 3 is 2.50 bits per heavy atom. The van der Waals surface area contributed by atoms with Crippen LogP contribution in [0.25, 0.3) is 0 Å². The van der Waals surface area contributed by atoms with Crippen LogP contribution in [0.1, 0.15) is 5.56 Å². The molecule has 0 aliphatic carbocycles. The summed E-state index contributed by atoms with van der Waals surface area (Å²) in [7, 11) is -2.47. The van der Waals surface area contributed by atoms with Crippen molar-refractivity contribution in [2.75, 3.05) is 7.11 Å². The molecular weight excluding hydrogens is 175 g/mol. The molecule has 0 saturated carbocycles. The fourth-order valence-corrected chi connectivity index (χ4v) is 1.66. The lowest BCUT2D eigenvalue weighted by Crippen LogP contribution is -2.04. The first-order valence-corrected chi connectivity index (χ1v) is 5.26. The predicted octanol–water partition coefficient (Wildman–Crippen LogP) is 1.39. The Balaban J connectivity index is 2.71. The lowest BCUT2D eigenvalue weighted by Gasteiger charge is -2.20. The van der Waals surface area contributed by atoms with Gasteiger partial charge < -0.3 is 14.0 Å². The lowest BCUT2D eigenvalue weighted by molar-refractivity contribution is -0.196. The van der Waals surface area contributed by atoms with Crippen molar-refractivity contribution in [2.45, 2.75) is 6.16 Å². The molecule has 0 bridgehead atoms. The molecule has 0 aliphatic heterocycles. The van der Waals surface area contributed by atoms with E-state index in [1.165, 1.54) is 7.11 Å².